The molecule has 0 radical (unpaired) electrons. The average molecular weight is 326 g/mol. The first-order valence-electron chi connectivity index (χ1n) is 7.83. The molecule has 0 saturated heterocycles. The molecular formula is C19H22N2O3. The summed E-state index contributed by atoms with van der Waals surface area (Å²) in [4.78, 5) is 11.8. The van der Waals surface area contributed by atoms with Gasteiger partial charge in [0, 0.05) is 12.0 Å². The van der Waals surface area contributed by atoms with E-state index >= 15 is 0 Å². The Morgan fingerprint density at radius 2 is 2.08 bits per heavy atom. The molecule has 0 heterocycles. The smallest absolute Gasteiger partial charge is 0.240 e. The van der Waals surface area contributed by atoms with Crippen LogP contribution in [-0.2, 0) is 11.2 Å². The number of para-hydroxylation sites is 1. The van der Waals surface area contributed by atoms with Crippen molar-refractivity contribution in [2.75, 3.05) is 7.11 Å². The topological polar surface area (TPSA) is 70.9 Å². The number of rotatable bonds is 7. The van der Waals surface area contributed by atoms with Gasteiger partial charge in [-0.15, -0.1) is 0 Å². The predicted octanol–water partition coefficient (Wildman–Crippen LogP) is 3.18. The summed E-state index contributed by atoms with van der Waals surface area (Å²) in [6.07, 6.45) is 3.39. The fourth-order valence-electron chi connectivity index (χ4n) is 2.34. The second-order valence-electron chi connectivity index (χ2n) is 5.50. The van der Waals surface area contributed by atoms with E-state index in [1.54, 1.807) is 31.4 Å². The highest BCUT2D eigenvalue weighted by atomic mass is 16.5. The largest absolute Gasteiger partial charge is 0.507 e. The molecule has 2 rings (SSSR count). The van der Waals surface area contributed by atoms with Gasteiger partial charge in [0.1, 0.15) is 11.5 Å². The van der Waals surface area contributed by atoms with Crippen molar-refractivity contribution in [3.8, 4) is 11.5 Å². The number of methoxy groups -OCH3 is 1. The highest BCUT2D eigenvalue weighted by molar-refractivity contribution is 5.84. The van der Waals surface area contributed by atoms with E-state index in [0.29, 0.717) is 12.0 Å². The minimum Gasteiger partial charge on any atom is -0.507 e. The fraction of sp³-hybridized carbons (Fsp3) is 0.263. The molecule has 5 nitrogen and oxygen atoms in total. The van der Waals surface area contributed by atoms with Crippen LogP contribution in [-0.4, -0.2) is 24.3 Å². The Labute approximate surface area is 142 Å². The van der Waals surface area contributed by atoms with Crippen LogP contribution in [0.4, 0.5) is 0 Å². The Morgan fingerprint density at radius 3 is 2.79 bits per heavy atom. The second-order valence-corrected chi connectivity index (χ2v) is 5.50. The summed E-state index contributed by atoms with van der Waals surface area (Å²) in [5, 5.41) is 13.5. The third-order valence-corrected chi connectivity index (χ3v) is 3.73. The van der Waals surface area contributed by atoms with Crippen molar-refractivity contribution in [3.63, 3.8) is 0 Å². The molecule has 5 heteroatoms. The normalized spacial score (nSPS) is 10.8. The quantitative estimate of drug-likeness (QED) is 0.606. The zero-order valence-corrected chi connectivity index (χ0v) is 14.0. The summed E-state index contributed by atoms with van der Waals surface area (Å²) >= 11 is 0. The predicted molar refractivity (Wildman–Crippen MR) is 94.5 cm³/mol. The lowest BCUT2D eigenvalue weighted by Crippen LogP contribution is -2.17. The number of nitrogens with one attached hydrogen (secondary N) is 1. The first-order chi connectivity index (χ1) is 11.6. The standard InChI is InChI=1S/C19H22N2O3/c1-14-12-17(24-2)11-10-15(14)7-5-9-19(23)21-20-13-16-6-3-4-8-18(16)22/h3-4,6,8,10-13,22H,5,7,9H2,1-2H3,(H,21,23)/b20-13-. The molecule has 0 aliphatic carbocycles. The van der Waals surface area contributed by atoms with Crippen molar-refractivity contribution in [2.45, 2.75) is 26.2 Å². The molecule has 0 atom stereocenters. The van der Waals surface area contributed by atoms with Crippen LogP contribution in [0.15, 0.2) is 47.6 Å². The minimum atomic E-state index is -0.146. The molecule has 0 aromatic heterocycles. The fourth-order valence-corrected chi connectivity index (χ4v) is 2.34. The number of hydrogen-bond acceptors (Lipinski definition) is 4. The van der Waals surface area contributed by atoms with Gasteiger partial charge in [0.15, 0.2) is 0 Å². The van der Waals surface area contributed by atoms with Gasteiger partial charge in [-0.25, -0.2) is 5.43 Å². The maximum atomic E-state index is 11.8. The van der Waals surface area contributed by atoms with Gasteiger partial charge in [-0.1, -0.05) is 18.2 Å². The number of phenols is 1. The molecule has 126 valence electrons. The number of benzene rings is 2. The van der Waals surface area contributed by atoms with Gasteiger partial charge in [0.2, 0.25) is 5.91 Å². The summed E-state index contributed by atoms with van der Waals surface area (Å²) in [6, 6.07) is 12.8. The van der Waals surface area contributed by atoms with Gasteiger partial charge >= 0.3 is 0 Å². The van der Waals surface area contributed by atoms with Crippen molar-refractivity contribution in [1.29, 1.82) is 0 Å². The Balaban J connectivity index is 1.76. The Morgan fingerprint density at radius 1 is 1.29 bits per heavy atom. The van der Waals surface area contributed by atoms with Crippen LogP contribution in [0.3, 0.4) is 0 Å². The van der Waals surface area contributed by atoms with Crippen molar-refractivity contribution < 1.29 is 14.6 Å². The number of amides is 1. The molecule has 2 N–H and O–H groups in total. The minimum absolute atomic E-state index is 0.130. The molecule has 24 heavy (non-hydrogen) atoms. The molecule has 0 unspecified atom stereocenters. The molecule has 0 aliphatic heterocycles. The molecule has 0 spiro atoms. The van der Waals surface area contributed by atoms with Crippen molar-refractivity contribution >= 4 is 12.1 Å². The Bertz CT molecular complexity index is 726. The van der Waals surface area contributed by atoms with Crippen LogP contribution in [0, 0.1) is 6.92 Å². The van der Waals surface area contributed by atoms with E-state index in [4.69, 9.17) is 4.74 Å². The average Bonchev–Trinajstić information content (AvgIpc) is 2.58. The van der Waals surface area contributed by atoms with Crippen molar-refractivity contribution in [1.82, 2.24) is 5.43 Å². The first-order valence-corrected chi connectivity index (χ1v) is 7.83. The van der Waals surface area contributed by atoms with E-state index in [0.717, 1.165) is 24.2 Å². The molecular weight excluding hydrogens is 304 g/mol. The Kier molecular flexibility index (Phi) is 6.37. The lowest BCUT2D eigenvalue weighted by molar-refractivity contribution is -0.121. The van der Waals surface area contributed by atoms with Crippen molar-refractivity contribution in [2.24, 2.45) is 5.10 Å². The highest BCUT2D eigenvalue weighted by Crippen LogP contribution is 2.18. The second kappa shape index (κ2) is 8.72. The molecule has 1 amide bonds. The molecule has 2 aromatic rings. The summed E-state index contributed by atoms with van der Waals surface area (Å²) in [7, 11) is 1.65. The number of nitrogens with zero attached hydrogens (tertiary/aromatic N) is 1. The van der Waals surface area contributed by atoms with Gasteiger partial charge in [0.25, 0.3) is 0 Å². The molecule has 0 aliphatic rings. The van der Waals surface area contributed by atoms with E-state index in [2.05, 4.69) is 10.5 Å². The zero-order chi connectivity index (χ0) is 17.4. The van der Waals surface area contributed by atoms with Crippen LogP contribution < -0.4 is 10.2 Å². The van der Waals surface area contributed by atoms with Crippen LogP contribution >= 0.6 is 0 Å². The van der Waals surface area contributed by atoms with Crippen molar-refractivity contribution in [3.05, 3.63) is 59.2 Å². The van der Waals surface area contributed by atoms with Crippen LogP contribution in [0.25, 0.3) is 0 Å². The van der Waals surface area contributed by atoms with E-state index in [1.807, 2.05) is 25.1 Å². The number of carbonyl (C=O) groups is 1. The number of hydrazone groups is 1. The Hall–Kier alpha value is -2.82. The van der Waals surface area contributed by atoms with Crippen LogP contribution in [0.2, 0.25) is 0 Å². The van der Waals surface area contributed by atoms with E-state index in [1.165, 1.54) is 11.8 Å². The number of aryl methyl sites for hydroxylation is 2. The number of carbonyl (C=O) groups excluding carboxylic acids is 1. The van der Waals surface area contributed by atoms with Crippen LogP contribution in [0.5, 0.6) is 11.5 Å². The lowest BCUT2D eigenvalue weighted by atomic mass is 10.0. The van der Waals surface area contributed by atoms with Gasteiger partial charge in [-0.05, 0) is 55.2 Å². The zero-order valence-electron chi connectivity index (χ0n) is 14.0. The third kappa shape index (κ3) is 5.12. The number of hydrogen-bond donors (Lipinski definition) is 2. The number of aromatic hydroxyl groups is 1. The van der Waals surface area contributed by atoms with Gasteiger partial charge in [0.05, 0.1) is 13.3 Å². The first kappa shape index (κ1) is 17.5. The molecule has 2 aromatic carbocycles. The maximum Gasteiger partial charge on any atom is 0.240 e. The third-order valence-electron chi connectivity index (χ3n) is 3.73. The van der Waals surface area contributed by atoms with Gasteiger partial charge < -0.3 is 9.84 Å². The van der Waals surface area contributed by atoms with Gasteiger partial charge in [-0.2, -0.15) is 5.10 Å². The lowest BCUT2D eigenvalue weighted by Gasteiger charge is -2.07. The van der Waals surface area contributed by atoms with Gasteiger partial charge in [-0.3, -0.25) is 4.79 Å². The van der Waals surface area contributed by atoms with E-state index in [9.17, 15) is 9.90 Å². The highest BCUT2D eigenvalue weighted by Gasteiger charge is 2.04. The molecule has 0 bridgehead atoms. The van der Waals surface area contributed by atoms with Crippen LogP contribution in [0.1, 0.15) is 29.5 Å². The summed E-state index contributed by atoms with van der Waals surface area (Å²) in [5.41, 5.74) is 5.41. The van der Waals surface area contributed by atoms with E-state index in [-0.39, 0.29) is 11.7 Å². The number of phenolic OH excluding ortho intramolecular Hbond substituents is 1. The van der Waals surface area contributed by atoms with E-state index < -0.39 is 0 Å². The number of ether oxygens (including phenoxy) is 1. The summed E-state index contributed by atoms with van der Waals surface area (Å²) in [5.74, 6) is 0.825. The molecule has 0 fully saturated rings. The SMILES string of the molecule is COc1ccc(CCCC(=O)N/N=C\c2ccccc2O)c(C)c1. The summed E-state index contributed by atoms with van der Waals surface area (Å²) in [6.45, 7) is 2.04. The maximum absolute atomic E-state index is 11.8. The summed E-state index contributed by atoms with van der Waals surface area (Å²) < 4.78 is 5.18. The molecule has 0 saturated carbocycles. The monoisotopic (exact) mass is 326 g/mol.